The van der Waals surface area contributed by atoms with E-state index in [4.69, 9.17) is 0 Å². The molecule has 0 radical (unpaired) electrons. The van der Waals surface area contributed by atoms with Crippen LogP contribution in [0.4, 0.5) is 5.69 Å². The minimum atomic E-state index is -0.301. The van der Waals surface area contributed by atoms with Crippen molar-refractivity contribution in [2.45, 2.75) is 59.4 Å². The summed E-state index contributed by atoms with van der Waals surface area (Å²) < 4.78 is 2.64. The highest BCUT2D eigenvalue weighted by molar-refractivity contribution is 9.10. The molecule has 2 heterocycles. The maximum atomic E-state index is 13.2. The number of aromatic nitrogens is 1. The quantitative estimate of drug-likeness (QED) is 0.782. The van der Waals surface area contributed by atoms with Crippen molar-refractivity contribution in [1.82, 2.24) is 4.57 Å². The smallest absolute Gasteiger partial charge is 0.261 e. The second-order valence-electron chi connectivity index (χ2n) is 6.93. The number of aryl methyl sites for hydroxylation is 2. The highest BCUT2D eigenvalue weighted by Gasteiger charge is 2.25. The first-order valence-electron chi connectivity index (χ1n) is 9.27. The third-order valence-electron chi connectivity index (χ3n) is 5.26. The van der Waals surface area contributed by atoms with Gasteiger partial charge in [0, 0.05) is 23.6 Å². The number of pyridine rings is 1. The molecule has 138 valence electrons. The maximum Gasteiger partial charge on any atom is 0.261 e. The number of anilines is 1. The maximum absolute atomic E-state index is 13.2. The number of hydrogen-bond donors (Lipinski definition) is 1. The first kappa shape index (κ1) is 18.9. The Morgan fingerprint density at radius 3 is 2.73 bits per heavy atom. The van der Waals surface area contributed by atoms with Crippen LogP contribution >= 0.6 is 15.9 Å². The zero-order chi connectivity index (χ0) is 18.8. The number of amides is 1. The van der Waals surface area contributed by atoms with Crippen molar-refractivity contribution in [3.8, 4) is 0 Å². The van der Waals surface area contributed by atoms with Crippen molar-refractivity contribution in [3.05, 3.63) is 61.0 Å². The van der Waals surface area contributed by atoms with E-state index in [-0.39, 0.29) is 16.9 Å². The Balaban J connectivity index is 2.11. The molecule has 1 amide bonds. The topological polar surface area (TPSA) is 51.1 Å². The van der Waals surface area contributed by atoms with E-state index in [2.05, 4.69) is 32.7 Å². The fourth-order valence-electron chi connectivity index (χ4n) is 3.77. The van der Waals surface area contributed by atoms with Gasteiger partial charge < -0.3 is 9.88 Å². The molecule has 1 aromatic carbocycles. The molecule has 1 N–H and O–H groups in total. The van der Waals surface area contributed by atoms with E-state index >= 15 is 0 Å². The molecule has 0 saturated heterocycles. The molecule has 3 rings (SSSR count). The standard InChI is InChI=1S/C21H25BrN2O2/c1-4-15-10-8-9-13(2)19(15)23-21(26)17-16-11-6-5-7-12-24(16)14(3)18(22)20(17)25/h8-10H,4-7,11-12H2,1-3H3,(H,23,26). The van der Waals surface area contributed by atoms with Crippen LogP contribution in [0.1, 0.15) is 59.1 Å². The van der Waals surface area contributed by atoms with Crippen LogP contribution in [-0.2, 0) is 19.4 Å². The van der Waals surface area contributed by atoms with Crippen molar-refractivity contribution in [2.75, 3.05) is 5.32 Å². The minimum Gasteiger partial charge on any atom is -0.347 e. The van der Waals surface area contributed by atoms with Gasteiger partial charge in [-0.2, -0.15) is 0 Å². The van der Waals surface area contributed by atoms with Crippen LogP contribution in [-0.4, -0.2) is 10.5 Å². The fourth-order valence-corrected chi connectivity index (χ4v) is 4.19. The van der Waals surface area contributed by atoms with E-state index in [0.29, 0.717) is 4.47 Å². The summed E-state index contributed by atoms with van der Waals surface area (Å²) >= 11 is 3.42. The Hall–Kier alpha value is -1.88. The zero-order valence-corrected chi connectivity index (χ0v) is 17.2. The van der Waals surface area contributed by atoms with Gasteiger partial charge in [-0.25, -0.2) is 0 Å². The Morgan fingerprint density at radius 1 is 1.23 bits per heavy atom. The molecule has 1 aliphatic rings. The Kier molecular flexibility index (Phi) is 5.66. The van der Waals surface area contributed by atoms with Crippen molar-refractivity contribution in [2.24, 2.45) is 0 Å². The summed E-state index contributed by atoms with van der Waals surface area (Å²) in [5, 5.41) is 3.03. The molecule has 0 bridgehead atoms. The van der Waals surface area contributed by atoms with E-state index in [9.17, 15) is 9.59 Å². The Bertz CT molecular complexity index is 915. The molecule has 1 aliphatic heterocycles. The molecular weight excluding hydrogens is 392 g/mol. The zero-order valence-electron chi connectivity index (χ0n) is 15.6. The van der Waals surface area contributed by atoms with Gasteiger partial charge in [0.2, 0.25) is 5.43 Å². The number of hydrogen-bond acceptors (Lipinski definition) is 2. The van der Waals surface area contributed by atoms with E-state index in [0.717, 1.165) is 66.9 Å². The Labute approximate surface area is 162 Å². The van der Waals surface area contributed by atoms with Crippen LogP contribution in [0.2, 0.25) is 0 Å². The van der Waals surface area contributed by atoms with Gasteiger partial charge in [-0.15, -0.1) is 0 Å². The molecule has 0 aliphatic carbocycles. The summed E-state index contributed by atoms with van der Waals surface area (Å²) in [6.07, 6.45) is 4.78. The van der Waals surface area contributed by atoms with Gasteiger partial charge in [-0.05, 0) is 66.6 Å². The lowest BCUT2D eigenvalue weighted by molar-refractivity contribution is 0.102. The molecular formula is C21H25BrN2O2. The molecule has 0 atom stereocenters. The van der Waals surface area contributed by atoms with E-state index < -0.39 is 0 Å². The molecule has 26 heavy (non-hydrogen) atoms. The third kappa shape index (κ3) is 3.37. The fraction of sp³-hybridized carbons (Fsp3) is 0.429. The SMILES string of the molecule is CCc1cccc(C)c1NC(=O)c1c2n(c(C)c(Br)c1=O)CCCCC2. The first-order valence-corrected chi connectivity index (χ1v) is 10.1. The predicted octanol–water partition coefficient (Wildman–Crippen LogP) is 4.77. The van der Waals surface area contributed by atoms with Crippen molar-refractivity contribution in [1.29, 1.82) is 0 Å². The predicted molar refractivity (Wildman–Crippen MR) is 109 cm³/mol. The summed E-state index contributed by atoms with van der Waals surface area (Å²) in [4.78, 5) is 26.1. The van der Waals surface area contributed by atoms with Crippen LogP contribution in [0.25, 0.3) is 0 Å². The molecule has 0 fully saturated rings. The minimum absolute atomic E-state index is 0.209. The van der Waals surface area contributed by atoms with Gasteiger partial charge in [0.25, 0.3) is 5.91 Å². The van der Waals surface area contributed by atoms with Gasteiger partial charge in [-0.3, -0.25) is 9.59 Å². The number of nitrogens with one attached hydrogen (secondary N) is 1. The van der Waals surface area contributed by atoms with Gasteiger partial charge in [0.15, 0.2) is 0 Å². The van der Waals surface area contributed by atoms with Gasteiger partial charge in [-0.1, -0.05) is 31.5 Å². The monoisotopic (exact) mass is 416 g/mol. The highest BCUT2D eigenvalue weighted by atomic mass is 79.9. The molecule has 1 aromatic heterocycles. The van der Waals surface area contributed by atoms with Crippen molar-refractivity contribution in [3.63, 3.8) is 0 Å². The molecule has 2 aromatic rings. The number of para-hydroxylation sites is 1. The van der Waals surface area contributed by atoms with Crippen LogP contribution in [0, 0.1) is 13.8 Å². The molecule has 0 saturated carbocycles. The number of carbonyl (C=O) groups is 1. The molecule has 5 heteroatoms. The third-order valence-corrected chi connectivity index (χ3v) is 6.20. The highest BCUT2D eigenvalue weighted by Crippen LogP contribution is 2.25. The van der Waals surface area contributed by atoms with E-state index in [1.165, 1.54) is 0 Å². The van der Waals surface area contributed by atoms with Gasteiger partial charge in [0.1, 0.15) is 5.56 Å². The summed E-state index contributed by atoms with van der Waals surface area (Å²) in [6, 6.07) is 5.99. The van der Waals surface area contributed by atoms with Gasteiger partial charge in [0.05, 0.1) is 4.47 Å². The first-order chi connectivity index (χ1) is 12.5. The van der Waals surface area contributed by atoms with Crippen molar-refractivity contribution >= 4 is 27.5 Å². The lowest BCUT2D eigenvalue weighted by Crippen LogP contribution is -2.29. The number of fused-ring (bicyclic) bond motifs is 1. The lowest BCUT2D eigenvalue weighted by atomic mass is 10.0. The van der Waals surface area contributed by atoms with Crippen LogP contribution in [0.5, 0.6) is 0 Å². The summed E-state index contributed by atoms with van der Waals surface area (Å²) in [6.45, 7) is 6.84. The van der Waals surface area contributed by atoms with E-state index in [1.807, 2.05) is 32.0 Å². The summed E-state index contributed by atoms with van der Waals surface area (Å²) in [7, 11) is 0. The molecule has 0 unspecified atom stereocenters. The van der Waals surface area contributed by atoms with Crippen molar-refractivity contribution < 1.29 is 4.79 Å². The summed E-state index contributed by atoms with van der Waals surface area (Å²) in [5.74, 6) is -0.301. The van der Waals surface area contributed by atoms with Crippen LogP contribution in [0.3, 0.4) is 0 Å². The average molecular weight is 417 g/mol. The second kappa shape index (κ2) is 7.78. The summed E-state index contributed by atoms with van der Waals surface area (Å²) in [5.41, 5.74) is 4.77. The second-order valence-corrected chi connectivity index (χ2v) is 7.72. The lowest BCUT2D eigenvalue weighted by Gasteiger charge is -2.20. The number of rotatable bonds is 3. The number of benzene rings is 1. The van der Waals surface area contributed by atoms with Gasteiger partial charge >= 0.3 is 0 Å². The molecule has 4 nitrogen and oxygen atoms in total. The molecule has 0 spiro atoms. The van der Waals surface area contributed by atoms with Crippen LogP contribution < -0.4 is 10.7 Å². The number of halogens is 1. The normalized spacial score (nSPS) is 13.8. The average Bonchev–Trinajstić information content (AvgIpc) is 2.87. The Morgan fingerprint density at radius 2 is 2.00 bits per heavy atom. The van der Waals surface area contributed by atoms with Crippen LogP contribution in [0.15, 0.2) is 27.5 Å². The number of carbonyl (C=O) groups excluding carboxylic acids is 1. The van der Waals surface area contributed by atoms with E-state index in [1.54, 1.807) is 0 Å². The largest absolute Gasteiger partial charge is 0.347 e. The number of nitrogens with zero attached hydrogens (tertiary/aromatic N) is 1.